The second-order valence-corrected chi connectivity index (χ2v) is 6.81. The fraction of sp³-hybridized carbons (Fsp3) is 0.667. The van der Waals surface area contributed by atoms with Crippen LogP contribution in [-0.4, -0.2) is 42.4 Å². The molecule has 0 bridgehead atoms. The van der Waals surface area contributed by atoms with Crippen LogP contribution in [-0.2, 0) is 4.74 Å². The Morgan fingerprint density at radius 1 is 1.19 bits per heavy atom. The molecule has 21 heavy (non-hydrogen) atoms. The molecule has 0 amide bonds. The van der Waals surface area contributed by atoms with Gasteiger partial charge in [-0.1, -0.05) is 38.1 Å². The number of likely N-dealkylation sites (tertiary alicyclic amines) is 1. The second-order valence-electron chi connectivity index (χ2n) is 6.81. The summed E-state index contributed by atoms with van der Waals surface area (Å²) < 4.78 is 5.63. The highest BCUT2D eigenvalue weighted by molar-refractivity contribution is 5.35. The van der Waals surface area contributed by atoms with Crippen LogP contribution in [0.1, 0.15) is 49.8 Å². The summed E-state index contributed by atoms with van der Waals surface area (Å²) >= 11 is 0. The number of piperidine rings is 1. The van der Waals surface area contributed by atoms with Crippen molar-refractivity contribution < 1.29 is 9.84 Å². The Balaban J connectivity index is 1.81. The monoisotopic (exact) mass is 289 g/mol. The summed E-state index contributed by atoms with van der Waals surface area (Å²) in [6.45, 7) is 6.55. The van der Waals surface area contributed by atoms with E-state index in [0.717, 1.165) is 31.5 Å². The first-order chi connectivity index (χ1) is 10.1. The SMILES string of the molecule is COC1CN(C2CC(C)c3ccccc3C2O)CCC1C. The fourth-order valence-corrected chi connectivity index (χ4v) is 4.07. The van der Waals surface area contributed by atoms with Crippen LogP contribution in [0.2, 0.25) is 0 Å². The summed E-state index contributed by atoms with van der Waals surface area (Å²) in [5.41, 5.74) is 2.43. The zero-order valence-electron chi connectivity index (χ0n) is 13.3. The average Bonchev–Trinajstić information content (AvgIpc) is 2.51. The van der Waals surface area contributed by atoms with Gasteiger partial charge in [-0.15, -0.1) is 0 Å². The molecular weight excluding hydrogens is 262 g/mol. The molecule has 1 N–H and O–H groups in total. The Hall–Kier alpha value is -0.900. The van der Waals surface area contributed by atoms with Crippen LogP contribution >= 0.6 is 0 Å². The third kappa shape index (κ3) is 2.75. The Bertz CT molecular complexity index is 490. The molecule has 3 heteroatoms. The number of aliphatic hydroxyl groups is 1. The molecule has 3 nitrogen and oxygen atoms in total. The second kappa shape index (κ2) is 6.07. The van der Waals surface area contributed by atoms with E-state index in [1.165, 1.54) is 5.56 Å². The summed E-state index contributed by atoms with van der Waals surface area (Å²) in [4.78, 5) is 2.45. The maximum Gasteiger partial charge on any atom is 0.0948 e. The van der Waals surface area contributed by atoms with Crippen LogP contribution in [0.4, 0.5) is 0 Å². The molecule has 3 rings (SSSR count). The molecular formula is C18H27NO2. The lowest BCUT2D eigenvalue weighted by atomic mass is 9.78. The Morgan fingerprint density at radius 3 is 2.62 bits per heavy atom. The van der Waals surface area contributed by atoms with E-state index in [1.54, 1.807) is 7.11 Å². The van der Waals surface area contributed by atoms with Crippen molar-refractivity contribution in [3.8, 4) is 0 Å². The quantitative estimate of drug-likeness (QED) is 0.908. The third-order valence-electron chi connectivity index (χ3n) is 5.50. The topological polar surface area (TPSA) is 32.7 Å². The molecule has 116 valence electrons. The zero-order chi connectivity index (χ0) is 15.0. The number of ether oxygens (including phenoxy) is 1. The maximum absolute atomic E-state index is 10.8. The summed E-state index contributed by atoms with van der Waals surface area (Å²) in [5, 5.41) is 10.8. The van der Waals surface area contributed by atoms with Crippen LogP contribution < -0.4 is 0 Å². The van der Waals surface area contributed by atoms with E-state index in [0.29, 0.717) is 17.9 Å². The smallest absolute Gasteiger partial charge is 0.0948 e. The number of hydrogen-bond acceptors (Lipinski definition) is 3. The van der Waals surface area contributed by atoms with Gasteiger partial charge in [0.25, 0.3) is 0 Å². The molecule has 1 aromatic carbocycles. The first kappa shape index (κ1) is 15.0. The van der Waals surface area contributed by atoms with Gasteiger partial charge in [-0.05, 0) is 42.3 Å². The molecule has 1 fully saturated rings. The highest BCUT2D eigenvalue weighted by Gasteiger charge is 2.38. The van der Waals surface area contributed by atoms with Crippen molar-refractivity contribution in [1.29, 1.82) is 0 Å². The van der Waals surface area contributed by atoms with Gasteiger partial charge in [0.1, 0.15) is 0 Å². The van der Waals surface area contributed by atoms with Crippen molar-refractivity contribution in [2.75, 3.05) is 20.2 Å². The van der Waals surface area contributed by atoms with Gasteiger partial charge < -0.3 is 9.84 Å². The number of methoxy groups -OCH3 is 1. The molecule has 1 aliphatic heterocycles. The Kier molecular flexibility index (Phi) is 4.34. The largest absolute Gasteiger partial charge is 0.387 e. The lowest BCUT2D eigenvalue weighted by Crippen LogP contribution is -2.51. The molecule has 0 radical (unpaired) electrons. The van der Waals surface area contributed by atoms with Crippen molar-refractivity contribution in [3.63, 3.8) is 0 Å². The molecule has 0 saturated carbocycles. The Labute approximate surface area is 127 Å². The van der Waals surface area contributed by atoms with Gasteiger partial charge >= 0.3 is 0 Å². The number of fused-ring (bicyclic) bond motifs is 1. The minimum atomic E-state index is -0.372. The van der Waals surface area contributed by atoms with Gasteiger partial charge in [-0.25, -0.2) is 0 Å². The van der Waals surface area contributed by atoms with E-state index in [1.807, 2.05) is 6.07 Å². The normalized spacial score (nSPS) is 37.2. The molecule has 1 aromatic rings. The van der Waals surface area contributed by atoms with E-state index < -0.39 is 0 Å². The first-order valence-electron chi connectivity index (χ1n) is 8.15. The van der Waals surface area contributed by atoms with Crippen LogP contribution in [0.25, 0.3) is 0 Å². The Morgan fingerprint density at radius 2 is 1.90 bits per heavy atom. The van der Waals surface area contributed by atoms with Crippen molar-refractivity contribution in [2.24, 2.45) is 5.92 Å². The lowest BCUT2D eigenvalue weighted by Gasteiger charge is -2.45. The number of nitrogens with zero attached hydrogens (tertiary/aromatic N) is 1. The van der Waals surface area contributed by atoms with Gasteiger partial charge in [-0.2, -0.15) is 0 Å². The van der Waals surface area contributed by atoms with Crippen molar-refractivity contribution >= 4 is 0 Å². The van der Waals surface area contributed by atoms with Crippen LogP contribution in [0.5, 0.6) is 0 Å². The number of aliphatic hydroxyl groups excluding tert-OH is 1. The van der Waals surface area contributed by atoms with Gasteiger partial charge in [0.05, 0.1) is 12.2 Å². The van der Waals surface area contributed by atoms with Gasteiger partial charge in [-0.3, -0.25) is 4.90 Å². The van der Waals surface area contributed by atoms with Crippen LogP contribution in [0, 0.1) is 5.92 Å². The predicted molar refractivity (Wildman–Crippen MR) is 84.4 cm³/mol. The van der Waals surface area contributed by atoms with E-state index in [4.69, 9.17) is 4.74 Å². The lowest BCUT2D eigenvalue weighted by molar-refractivity contribution is -0.0502. The van der Waals surface area contributed by atoms with E-state index in [-0.39, 0.29) is 12.1 Å². The molecule has 0 aromatic heterocycles. The minimum Gasteiger partial charge on any atom is -0.387 e. The highest BCUT2D eigenvalue weighted by atomic mass is 16.5. The average molecular weight is 289 g/mol. The summed E-state index contributed by atoms with van der Waals surface area (Å²) in [6.07, 6.45) is 2.10. The van der Waals surface area contributed by atoms with Crippen molar-refractivity contribution in [1.82, 2.24) is 4.90 Å². The van der Waals surface area contributed by atoms with E-state index in [9.17, 15) is 5.11 Å². The number of rotatable bonds is 2. The van der Waals surface area contributed by atoms with Gasteiger partial charge in [0, 0.05) is 19.7 Å². The number of benzene rings is 1. The highest BCUT2D eigenvalue weighted by Crippen LogP contribution is 2.40. The molecule has 1 aliphatic carbocycles. The standard InChI is InChI=1S/C18H27NO2/c1-12-8-9-19(11-17(12)21-3)16-10-13(2)14-6-4-5-7-15(14)18(16)20/h4-7,12-13,16-18,20H,8-11H2,1-3H3. The van der Waals surface area contributed by atoms with Crippen LogP contribution in [0.15, 0.2) is 24.3 Å². The summed E-state index contributed by atoms with van der Waals surface area (Å²) in [6, 6.07) is 8.58. The first-order valence-corrected chi connectivity index (χ1v) is 8.15. The summed E-state index contributed by atoms with van der Waals surface area (Å²) in [5.74, 6) is 1.12. The summed E-state index contributed by atoms with van der Waals surface area (Å²) in [7, 11) is 1.81. The third-order valence-corrected chi connectivity index (χ3v) is 5.50. The number of hydrogen-bond donors (Lipinski definition) is 1. The van der Waals surface area contributed by atoms with E-state index in [2.05, 4.69) is 36.9 Å². The minimum absolute atomic E-state index is 0.222. The van der Waals surface area contributed by atoms with Crippen molar-refractivity contribution in [2.45, 2.75) is 50.9 Å². The van der Waals surface area contributed by atoms with Crippen molar-refractivity contribution in [3.05, 3.63) is 35.4 Å². The van der Waals surface area contributed by atoms with Gasteiger partial charge in [0.2, 0.25) is 0 Å². The molecule has 5 unspecified atom stereocenters. The molecule has 0 spiro atoms. The zero-order valence-corrected chi connectivity index (χ0v) is 13.3. The van der Waals surface area contributed by atoms with Gasteiger partial charge in [0.15, 0.2) is 0 Å². The molecule has 1 heterocycles. The fourth-order valence-electron chi connectivity index (χ4n) is 4.07. The molecule has 1 saturated heterocycles. The maximum atomic E-state index is 10.8. The molecule has 2 aliphatic rings. The van der Waals surface area contributed by atoms with E-state index >= 15 is 0 Å². The predicted octanol–water partition coefficient (Wildman–Crippen LogP) is 2.95. The molecule has 5 atom stereocenters. The van der Waals surface area contributed by atoms with Crippen LogP contribution in [0.3, 0.4) is 0 Å².